The molecule has 0 saturated carbocycles. The first kappa shape index (κ1) is 20.3. The van der Waals surface area contributed by atoms with Crippen LogP contribution in [0.25, 0.3) is 0 Å². The standard InChI is InChI=1S/C21H26N2O4/c1-5-26-18-9-7-6-8-17(18)21(25)23-22-20(24)13-27-19-12-15(4)10-11-16(19)14(2)3/h6-12,14H,5,13H2,1-4H3,(H,22,24)(H,23,25). The van der Waals surface area contributed by atoms with Gasteiger partial charge in [-0.2, -0.15) is 0 Å². The van der Waals surface area contributed by atoms with Gasteiger partial charge >= 0.3 is 0 Å². The summed E-state index contributed by atoms with van der Waals surface area (Å²) in [5, 5.41) is 0. The van der Waals surface area contributed by atoms with Crippen LogP contribution in [0, 0.1) is 6.92 Å². The molecule has 0 radical (unpaired) electrons. The number of carbonyl (C=O) groups is 2. The summed E-state index contributed by atoms with van der Waals surface area (Å²) in [5.74, 6) is 0.509. The number of hydrogen-bond acceptors (Lipinski definition) is 4. The maximum absolute atomic E-state index is 12.3. The summed E-state index contributed by atoms with van der Waals surface area (Å²) in [6.45, 7) is 8.18. The van der Waals surface area contributed by atoms with E-state index in [-0.39, 0.29) is 12.5 Å². The van der Waals surface area contributed by atoms with Crippen molar-refractivity contribution >= 4 is 11.8 Å². The largest absolute Gasteiger partial charge is 0.493 e. The number of para-hydroxylation sites is 1. The zero-order valence-corrected chi connectivity index (χ0v) is 16.2. The summed E-state index contributed by atoms with van der Waals surface area (Å²) < 4.78 is 11.1. The zero-order valence-electron chi connectivity index (χ0n) is 16.2. The number of rotatable bonds is 7. The lowest BCUT2D eigenvalue weighted by Gasteiger charge is -2.15. The van der Waals surface area contributed by atoms with Crippen LogP contribution in [0.5, 0.6) is 11.5 Å². The molecule has 0 bridgehead atoms. The van der Waals surface area contributed by atoms with Crippen LogP contribution >= 0.6 is 0 Å². The van der Waals surface area contributed by atoms with Gasteiger partial charge in [0, 0.05) is 0 Å². The molecule has 0 atom stereocenters. The maximum Gasteiger partial charge on any atom is 0.276 e. The third-order valence-electron chi connectivity index (χ3n) is 3.90. The van der Waals surface area contributed by atoms with Crippen molar-refractivity contribution in [2.75, 3.05) is 13.2 Å². The molecule has 2 rings (SSSR count). The van der Waals surface area contributed by atoms with Crippen molar-refractivity contribution in [3.63, 3.8) is 0 Å². The highest BCUT2D eigenvalue weighted by Crippen LogP contribution is 2.27. The highest BCUT2D eigenvalue weighted by atomic mass is 16.5. The Bertz CT molecular complexity index is 803. The third kappa shape index (κ3) is 5.74. The minimum Gasteiger partial charge on any atom is -0.493 e. The predicted molar refractivity (Wildman–Crippen MR) is 104 cm³/mol. The number of carbonyl (C=O) groups excluding carboxylic acids is 2. The van der Waals surface area contributed by atoms with Crippen LogP contribution < -0.4 is 20.3 Å². The van der Waals surface area contributed by atoms with Crippen LogP contribution in [0.1, 0.15) is 48.2 Å². The molecule has 0 saturated heterocycles. The molecule has 144 valence electrons. The Labute approximate surface area is 159 Å². The number of hydrazine groups is 1. The molecule has 0 aromatic heterocycles. The van der Waals surface area contributed by atoms with Gasteiger partial charge in [-0.1, -0.05) is 38.1 Å². The van der Waals surface area contributed by atoms with E-state index in [1.54, 1.807) is 24.3 Å². The molecule has 0 heterocycles. The maximum atomic E-state index is 12.3. The number of hydrogen-bond donors (Lipinski definition) is 2. The fourth-order valence-corrected chi connectivity index (χ4v) is 2.55. The molecule has 0 unspecified atom stereocenters. The average molecular weight is 370 g/mol. The smallest absolute Gasteiger partial charge is 0.276 e. The van der Waals surface area contributed by atoms with Gasteiger partial charge in [0.05, 0.1) is 12.2 Å². The molecule has 2 amide bonds. The van der Waals surface area contributed by atoms with Gasteiger partial charge in [-0.15, -0.1) is 0 Å². The van der Waals surface area contributed by atoms with Crippen molar-refractivity contribution in [2.45, 2.75) is 33.6 Å². The molecule has 0 fully saturated rings. The molecule has 0 aliphatic carbocycles. The van der Waals surface area contributed by atoms with E-state index in [0.29, 0.717) is 23.7 Å². The second kappa shape index (κ2) is 9.62. The van der Waals surface area contributed by atoms with Crippen LogP contribution in [0.3, 0.4) is 0 Å². The Morgan fingerprint density at radius 1 is 1.00 bits per heavy atom. The lowest BCUT2D eigenvalue weighted by molar-refractivity contribution is -0.123. The molecular formula is C21H26N2O4. The van der Waals surface area contributed by atoms with Gasteiger partial charge in [0.15, 0.2) is 6.61 Å². The van der Waals surface area contributed by atoms with Crippen molar-refractivity contribution in [1.29, 1.82) is 0 Å². The number of nitrogens with one attached hydrogen (secondary N) is 2. The van der Waals surface area contributed by atoms with Crippen molar-refractivity contribution in [1.82, 2.24) is 10.9 Å². The van der Waals surface area contributed by atoms with Crippen molar-refractivity contribution in [3.05, 3.63) is 59.2 Å². The van der Waals surface area contributed by atoms with Crippen LogP contribution in [0.4, 0.5) is 0 Å². The Balaban J connectivity index is 1.92. The summed E-state index contributed by atoms with van der Waals surface area (Å²) in [6.07, 6.45) is 0. The molecule has 2 N–H and O–H groups in total. The number of benzene rings is 2. The quantitative estimate of drug-likeness (QED) is 0.733. The van der Waals surface area contributed by atoms with Crippen LogP contribution in [-0.2, 0) is 4.79 Å². The van der Waals surface area contributed by atoms with Gasteiger partial charge in [-0.25, -0.2) is 0 Å². The van der Waals surface area contributed by atoms with Gasteiger partial charge in [0.25, 0.3) is 11.8 Å². The van der Waals surface area contributed by atoms with Crippen molar-refractivity contribution in [3.8, 4) is 11.5 Å². The Kier molecular flexibility index (Phi) is 7.23. The molecule has 2 aromatic rings. The minimum atomic E-state index is -0.453. The second-order valence-electron chi connectivity index (χ2n) is 6.42. The number of aryl methyl sites for hydroxylation is 1. The molecule has 2 aromatic carbocycles. The molecule has 0 spiro atoms. The summed E-state index contributed by atoms with van der Waals surface area (Å²) in [4.78, 5) is 24.3. The topological polar surface area (TPSA) is 76.7 Å². The van der Waals surface area contributed by atoms with Crippen LogP contribution in [0.2, 0.25) is 0 Å². The summed E-state index contributed by atoms with van der Waals surface area (Å²) in [5.41, 5.74) is 7.18. The van der Waals surface area contributed by atoms with Crippen LogP contribution in [0.15, 0.2) is 42.5 Å². The fourth-order valence-electron chi connectivity index (χ4n) is 2.55. The summed E-state index contributed by atoms with van der Waals surface area (Å²) in [6, 6.07) is 12.8. The molecule has 6 heteroatoms. The normalized spacial score (nSPS) is 10.4. The van der Waals surface area contributed by atoms with E-state index in [1.807, 2.05) is 32.0 Å². The zero-order chi connectivity index (χ0) is 19.8. The van der Waals surface area contributed by atoms with E-state index in [1.165, 1.54) is 0 Å². The number of ether oxygens (including phenoxy) is 2. The lowest BCUT2D eigenvalue weighted by atomic mass is 10.0. The van der Waals surface area contributed by atoms with Gasteiger partial charge < -0.3 is 9.47 Å². The summed E-state index contributed by atoms with van der Waals surface area (Å²) in [7, 11) is 0. The number of amides is 2. The first-order chi connectivity index (χ1) is 12.9. The minimum absolute atomic E-state index is 0.198. The Morgan fingerprint density at radius 3 is 2.44 bits per heavy atom. The molecule has 0 aliphatic rings. The van der Waals surface area contributed by atoms with Gasteiger partial charge in [-0.05, 0) is 49.1 Å². The Morgan fingerprint density at radius 2 is 1.74 bits per heavy atom. The van der Waals surface area contributed by atoms with Crippen molar-refractivity contribution in [2.24, 2.45) is 0 Å². The SMILES string of the molecule is CCOc1ccccc1C(=O)NNC(=O)COc1cc(C)ccc1C(C)C. The van der Waals surface area contributed by atoms with Gasteiger partial charge in [0.2, 0.25) is 0 Å². The molecule has 6 nitrogen and oxygen atoms in total. The van der Waals surface area contributed by atoms with Crippen molar-refractivity contribution < 1.29 is 19.1 Å². The first-order valence-electron chi connectivity index (χ1n) is 8.96. The summed E-state index contributed by atoms with van der Waals surface area (Å²) >= 11 is 0. The Hall–Kier alpha value is -3.02. The second-order valence-corrected chi connectivity index (χ2v) is 6.42. The monoisotopic (exact) mass is 370 g/mol. The lowest BCUT2D eigenvalue weighted by Crippen LogP contribution is -2.44. The first-order valence-corrected chi connectivity index (χ1v) is 8.96. The van der Waals surface area contributed by atoms with E-state index in [2.05, 4.69) is 24.7 Å². The van der Waals surface area contributed by atoms with E-state index in [0.717, 1.165) is 11.1 Å². The third-order valence-corrected chi connectivity index (χ3v) is 3.90. The highest BCUT2D eigenvalue weighted by Gasteiger charge is 2.14. The average Bonchev–Trinajstić information content (AvgIpc) is 2.65. The van der Waals surface area contributed by atoms with Gasteiger partial charge in [-0.3, -0.25) is 20.4 Å². The van der Waals surface area contributed by atoms with E-state index in [9.17, 15) is 9.59 Å². The fraction of sp³-hybridized carbons (Fsp3) is 0.333. The molecule has 27 heavy (non-hydrogen) atoms. The van der Waals surface area contributed by atoms with E-state index in [4.69, 9.17) is 9.47 Å². The van der Waals surface area contributed by atoms with E-state index >= 15 is 0 Å². The highest BCUT2D eigenvalue weighted by molar-refractivity contribution is 5.97. The van der Waals surface area contributed by atoms with E-state index < -0.39 is 11.8 Å². The van der Waals surface area contributed by atoms with Crippen LogP contribution in [-0.4, -0.2) is 25.0 Å². The molecular weight excluding hydrogens is 344 g/mol. The predicted octanol–water partition coefficient (Wildman–Crippen LogP) is 3.36. The molecule has 0 aliphatic heterocycles. The van der Waals surface area contributed by atoms with Gasteiger partial charge in [0.1, 0.15) is 11.5 Å².